The maximum absolute atomic E-state index is 5.57. The van der Waals surface area contributed by atoms with Crippen LogP contribution in [0.1, 0.15) is 33.1 Å². The lowest BCUT2D eigenvalue weighted by Crippen LogP contribution is -2.13. The number of para-hydroxylation sites is 1. The second-order valence-electron chi connectivity index (χ2n) is 4.65. The van der Waals surface area contributed by atoms with Crippen LogP contribution in [0.25, 0.3) is 0 Å². The molecule has 0 unspecified atom stereocenters. The minimum absolute atomic E-state index is 0.817. The molecular weight excluding hydrogens is 234 g/mol. The Balaban J connectivity index is 0.000000555. The van der Waals surface area contributed by atoms with E-state index in [1.54, 1.807) is 0 Å². The van der Waals surface area contributed by atoms with E-state index in [1.165, 1.54) is 6.42 Å². The molecule has 1 rings (SSSR count). The van der Waals surface area contributed by atoms with Crippen LogP contribution in [0.15, 0.2) is 42.5 Å². The number of benzene rings is 1. The van der Waals surface area contributed by atoms with E-state index in [1.807, 2.05) is 37.3 Å². The minimum atomic E-state index is 0.817. The largest absolute Gasteiger partial charge is 0.494 e. The van der Waals surface area contributed by atoms with Crippen LogP contribution < -0.4 is 4.74 Å². The Morgan fingerprint density at radius 3 is 2.26 bits per heavy atom. The van der Waals surface area contributed by atoms with E-state index < -0.39 is 0 Å². The summed E-state index contributed by atoms with van der Waals surface area (Å²) < 4.78 is 5.57. The molecule has 0 fully saturated rings. The molecule has 108 valence electrons. The van der Waals surface area contributed by atoms with Crippen molar-refractivity contribution in [2.75, 3.05) is 27.2 Å². The first-order chi connectivity index (χ1) is 9.20. The normalized spacial score (nSPS) is 10.4. The Morgan fingerprint density at radius 2 is 1.79 bits per heavy atom. The highest BCUT2D eigenvalue weighted by Crippen LogP contribution is 2.08. The molecule has 0 aromatic heterocycles. The zero-order valence-electron chi connectivity index (χ0n) is 12.9. The first-order valence-electron chi connectivity index (χ1n) is 7.14. The van der Waals surface area contributed by atoms with Crippen molar-refractivity contribution in [1.29, 1.82) is 0 Å². The van der Waals surface area contributed by atoms with Gasteiger partial charge in [-0.05, 0) is 59.0 Å². The first-order valence-corrected chi connectivity index (χ1v) is 7.14. The van der Waals surface area contributed by atoms with Crippen LogP contribution in [-0.4, -0.2) is 32.1 Å². The van der Waals surface area contributed by atoms with Crippen LogP contribution in [0.5, 0.6) is 5.75 Å². The van der Waals surface area contributed by atoms with Gasteiger partial charge in [-0.2, -0.15) is 0 Å². The molecule has 19 heavy (non-hydrogen) atoms. The van der Waals surface area contributed by atoms with Crippen LogP contribution >= 0.6 is 0 Å². The predicted molar refractivity (Wildman–Crippen MR) is 84.8 cm³/mol. The highest BCUT2D eigenvalue weighted by molar-refractivity contribution is 5.20. The maximum Gasteiger partial charge on any atom is 0.119 e. The molecule has 0 heterocycles. The van der Waals surface area contributed by atoms with Gasteiger partial charge < -0.3 is 9.64 Å². The second-order valence-corrected chi connectivity index (χ2v) is 4.65. The average molecular weight is 263 g/mol. The molecule has 0 saturated carbocycles. The Labute approximate surface area is 119 Å². The summed E-state index contributed by atoms with van der Waals surface area (Å²) in [4.78, 5) is 2.20. The van der Waals surface area contributed by atoms with Crippen molar-refractivity contribution in [1.82, 2.24) is 4.90 Å². The fourth-order valence-electron chi connectivity index (χ4n) is 1.47. The van der Waals surface area contributed by atoms with E-state index in [2.05, 4.69) is 38.1 Å². The predicted octanol–water partition coefficient (Wildman–Crippen LogP) is 4.38. The van der Waals surface area contributed by atoms with Gasteiger partial charge >= 0.3 is 0 Å². The van der Waals surface area contributed by atoms with E-state index >= 15 is 0 Å². The molecule has 2 heteroatoms. The standard InChI is InChI=1S/C12H19NO.C5H10/c1-13(2)10-6-7-11-14-12-8-4-3-5-9-12;1-3-5-4-2/h3-5,8-9H,6-7,10-11H2,1-2H3;3,5H,4H2,1-2H3. The molecule has 0 bridgehead atoms. The molecule has 0 N–H and O–H groups in total. The van der Waals surface area contributed by atoms with Gasteiger partial charge in [0.05, 0.1) is 6.61 Å². The van der Waals surface area contributed by atoms with Crippen molar-refractivity contribution in [2.45, 2.75) is 33.1 Å². The van der Waals surface area contributed by atoms with Gasteiger partial charge in [0, 0.05) is 0 Å². The summed E-state index contributed by atoms with van der Waals surface area (Å²) in [6, 6.07) is 9.97. The third-order valence-corrected chi connectivity index (χ3v) is 2.48. The number of ether oxygens (including phenoxy) is 1. The fraction of sp³-hybridized carbons (Fsp3) is 0.529. The van der Waals surface area contributed by atoms with Crippen molar-refractivity contribution < 1.29 is 4.74 Å². The van der Waals surface area contributed by atoms with E-state index in [9.17, 15) is 0 Å². The van der Waals surface area contributed by atoms with Crippen molar-refractivity contribution >= 4 is 0 Å². The third-order valence-electron chi connectivity index (χ3n) is 2.48. The summed E-state index contributed by atoms with van der Waals surface area (Å²) in [7, 11) is 4.19. The molecule has 0 aliphatic carbocycles. The Bertz CT molecular complexity index is 306. The number of hydrogen-bond acceptors (Lipinski definition) is 2. The monoisotopic (exact) mass is 263 g/mol. The van der Waals surface area contributed by atoms with Gasteiger partial charge in [-0.25, -0.2) is 0 Å². The summed E-state index contributed by atoms with van der Waals surface area (Å²) in [5.41, 5.74) is 0. The number of rotatable bonds is 7. The summed E-state index contributed by atoms with van der Waals surface area (Å²) in [6.45, 7) is 6.11. The SMILES string of the molecule is CC=CCC.CN(C)CCCCOc1ccccc1. The quantitative estimate of drug-likeness (QED) is 0.534. The van der Waals surface area contributed by atoms with Crippen LogP contribution in [0.4, 0.5) is 0 Å². The molecular formula is C17H29NO. The fourth-order valence-corrected chi connectivity index (χ4v) is 1.47. The number of hydrogen-bond donors (Lipinski definition) is 0. The van der Waals surface area contributed by atoms with Crippen molar-refractivity contribution in [3.8, 4) is 5.75 Å². The molecule has 0 radical (unpaired) electrons. The second kappa shape index (κ2) is 13.2. The van der Waals surface area contributed by atoms with Gasteiger partial charge in [0.15, 0.2) is 0 Å². The lowest BCUT2D eigenvalue weighted by Gasteiger charge is -2.09. The number of allylic oxidation sites excluding steroid dienone is 2. The van der Waals surface area contributed by atoms with Gasteiger partial charge in [-0.1, -0.05) is 37.3 Å². The summed E-state index contributed by atoms with van der Waals surface area (Å²) in [5.74, 6) is 0.970. The lowest BCUT2D eigenvalue weighted by molar-refractivity contribution is 0.293. The molecule has 0 spiro atoms. The highest BCUT2D eigenvalue weighted by Gasteiger charge is 1.93. The molecule has 0 saturated heterocycles. The smallest absolute Gasteiger partial charge is 0.119 e. The van der Waals surface area contributed by atoms with Gasteiger partial charge in [0.2, 0.25) is 0 Å². The summed E-state index contributed by atoms with van der Waals surface area (Å²) in [6.07, 6.45) is 7.66. The zero-order valence-corrected chi connectivity index (χ0v) is 12.9. The summed E-state index contributed by atoms with van der Waals surface area (Å²) in [5, 5.41) is 0. The maximum atomic E-state index is 5.57. The van der Waals surface area contributed by atoms with Crippen molar-refractivity contribution in [3.63, 3.8) is 0 Å². The minimum Gasteiger partial charge on any atom is -0.494 e. The van der Waals surface area contributed by atoms with Crippen LogP contribution in [-0.2, 0) is 0 Å². The topological polar surface area (TPSA) is 12.5 Å². The molecule has 0 atom stereocenters. The Hall–Kier alpha value is -1.28. The zero-order chi connectivity index (χ0) is 14.3. The first kappa shape index (κ1) is 17.7. The van der Waals surface area contributed by atoms with Crippen molar-refractivity contribution in [2.24, 2.45) is 0 Å². The third kappa shape index (κ3) is 13.0. The Morgan fingerprint density at radius 1 is 1.11 bits per heavy atom. The van der Waals surface area contributed by atoms with Gasteiger partial charge in [0.25, 0.3) is 0 Å². The summed E-state index contributed by atoms with van der Waals surface area (Å²) >= 11 is 0. The van der Waals surface area contributed by atoms with E-state index in [4.69, 9.17) is 4.74 Å². The number of unbranched alkanes of at least 4 members (excludes halogenated alkanes) is 1. The van der Waals surface area contributed by atoms with E-state index in [0.29, 0.717) is 0 Å². The molecule has 1 aromatic carbocycles. The van der Waals surface area contributed by atoms with Crippen LogP contribution in [0.3, 0.4) is 0 Å². The van der Waals surface area contributed by atoms with Crippen LogP contribution in [0.2, 0.25) is 0 Å². The van der Waals surface area contributed by atoms with Gasteiger partial charge in [-0.3, -0.25) is 0 Å². The highest BCUT2D eigenvalue weighted by atomic mass is 16.5. The Kier molecular flexibility index (Phi) is 12.3. The van der Waals surface area contributed by atoms with Crippen molar-refractivity contribution in [3.05, 3.63) is 42.5 Å². The molecule has 1 aromatic rings. The van der Waals surface area contributed by atoms with Gasteiger partial charge in [-0.15, -0.1) is 0 Å². The number of nitrogens with zero attached hydrogens (tertiary/aromatic N) is 1. The molecule has 2 nitrogen and oxygen atoms in total. The molecule has 0 aliphatic rings. The van der Waals surface area contributed by atoms with Gasteiger partial charge in [0.1, 0.15) is 5.75 Å². The molecule has 0 aliphatic heterocycles. The van der Waals surface area contributed by atoms with Crippen LogP contribution in [0, 0.1) is 0 Å². The molecule has 0 amide bonds. The lowest BCUT2D eigenvalue weighted by atomic mass is 10.3. The van der Waals surface area contributed by atoms with E-state index in [-0.39, 0.29) is 0 Å². The van der Waals surface area contributed by atoms with E-state index in [0.717, 1.165) is 31.7 Å². The average Bonchev–Trinajstić information content (AvgIpc) is 2.41.